The molecule has 1 atom stereocenters. The van der Waals surface area contributed by atoms with Crippen LogP contribution in [0.2, 0.25) is 0 Å². The van der Waals surface area contributed by atoms with Gasteiger partial charge in [-0.2, -0.15) is 0 Å². The summed E-state index contributed by atoms with van der Waals surface area (Å²) in [7, 11) is 0. The van der Waals surface area contributed by atoms with E-state index in [1.165, 1.54) is 11.3 Å². The first-order valence-electron chi connectivity index (χ1n) is 5.12. The first-order valence-corrected chi connectivity index (χ1v) is 6.00. The number of amides is 1. The lowest BCUT2D eigenvalue weighted by atomic mass is 10.2. The molecule has 0 saturated carbocycles. The van der Waals surface area contributed by atoms with Gasteiger partial charge < -0.3 is 10.2 Å². The number of thiazole rings is 1. The summed E-state index contributed by atoms with van der Waals surface area (Å²) in [6, 6.07) is 0.271. The normalized spacial score (nSPS) is 21.7. The third kappa shape index (κ3) is 2.03. The Balaban J connectivity index is 2.17. The lowest BCUT2D eigenvalue weighted by Crippen LogP contribution is -2.52. The molecule has 2 heterocycles. The van der Waals surface area contributed by atoms with E-state index in [1.54, 1.807) is 5.51 Å². The van der Waals surface area contributed by atoms with Gasteiger partial charge in [-0.1, -0.05) is 0 Å². The molecule has 1 saturated heterocycles. The topological polar surface area (TPSA) is 45.2 Å². The second kappa shape index (κ2) is 4.28. The number of hydrogen-bond acceptors (Lipinski definition) is 4. The summed E-state index contributed by atoms with van der Waals surface area (Å²) < 4.78 is 0. The van der Waals surface area contributed by atoms with Crippen LogP contribution in [0.5, 0.6) is 0 Å². The Morgan fingerprint density at radius 2 is 2.53 bits per heavy atom. The number of aromatic nitrogens is 1. The molecule has 0 radical (unpaired) electrons. The summed E-state index contributed by atoms with van der Waals surface area (Å²) in [4.78, 5) is 19.0. The Morgan fingerprint density at radius 1 is 1.73 bits per heavy atom. The molecule has 4 nitrogen and oxygen atoms in total. The molecule has 5 heteroatoms. The summed E-state index contributed by atoms with van der Waals surface area (Å²) in [5.41, 5.74) is 2.57. The lowest BCUT2D eigenvalue weighted by Gasteiger charge is -2.33. The molecule has 1 amide bonds. The number of carbonyl (C=O) groups excluding carboxylic acids is 1. The highest BCUT2D eigenvalue weighted by Gasteiger charge is 2.25. The molecular formula is C10H15N3OS. The van der Waals surface area contributed by atoms with Crippen LogP contribution in [0.3, 0.4) is 0 Å². The van der Waals surface area contributed by atoms with Crippen molar-refractivity contribution in [2.75, 3.05) is 19.6 Å². The van der Waals surface area contributed by atoms with Crippen molar-refractivity contribution >= 4 is 17.2 Å². The van der Waals surface area contributed by atoms with E-state index in [9.17, 15) is 4.79 Å². The fraction of sp³-hybridized carbons (Fsp3) is 0.600. The molecule has 0 spiro atoms. The van der Waals surface area contributed by atoms with Crippen LogP contribution < -0.4 is 5.32 Å². The van der Waals surface area contributed by atoms with Crippen molar-refractivity contribution in [3.63, 3.8) is 0 Å². The van der Waals surface area contributed by atoms with Gasteiger partial charge in [-0.3, -0.25) is 4.79 Å². The van der Waals surface area contributed by atoms with Crippen LogP contribution in [0.25, 0.3) is 0 Å². The molecule has 1 aliphatic heterocycles. The number of hydrogen-bond donors (Lipinski definition) is 1. The summed E-state index contributed by atoms with van der Waals surface area (Å²) in [6.07, 6.45) is 0. The molecule has 1 aromatic heterocycles. The summed E-state index contributed by atoms with van der Waals surface area (Å²) in [5.74, 6) is 0.129. The second-order valence-corrected chi connectivity index (χ2v) is 4.67. The van der Waals surface area contributed by atoms with E-state index < -0.39 is 0 Å². The van der Waals surface area contributed by atoms with Crippen molar-refractivity contribution in [2.45, 2.75) is 19.9 Å². The SMILES string of the molecule is Cc1ncsc1C(=O)N1CCNCC1C. The largest absolute Gasteiger partial charge is 0.333 e. The van der Waals surface area contributed by atoms with Gasteiger partial charge in [-0.05, 0) is 13.8 Å². The number of piperazine rings is 1. The summed E-state index contributed by atoms with van der Waals surface area (Å²) >= 11 is 1.43. The van der Waals surface area contributed by atoms with Gasteiger partial charge in [0.25, 0.3) is 5.91 Å². The third-order valence-electron chi connectivity index (χ3n) is 2.70. The molecule has 0 bridgehead atoms. The highest BCUT2D eigenvalue weighted by Crippen LogP contribution is 2.17. The van der Waals surface area contributed by atoms with Crippen molar-refractivity contribution in [1.29, 1.82) is 0 Å². The van der Waals surface area contributed by atoms with Crippen molar-refractivity contribution < 1.29 is 4.79 Å². The minimum Gasteiger partial charge on any atom is -0.333 e. The van der Waals surface area contributed by atoms with E-state index in [0.717, 1.165) is 30.2 Å². The predicted molar refractivity (Wildman–Crippen MR) is 60.2 cm³/mol. The average molecular weight is 225 g/mol. The van der Waals surface area contributed by atoms with E-state index in [-0.39, 0.29) is 11.9 Å². The van der Waals surface area contributed by atoms with E-state index >= 15 is 0 Å². The molecule has 1 N–H and O–H groups in total. The van der Waals surface area contributed by atoms with Gasteiger partial charge in [0.05, 0.1) is 11.2 Å². The monoisotopic (exact) mass is 225 g/mol. The van der Waals surface area contributed by atoms with Crippen LogP contribution in [-0.4, -0.2) is 41.5 Å². The predicted octanol–water partition coefficient (Wildman–Crippen LogP) is 0.885. The molecule has 0 aliphatic carbocycles. The maximum atomic E-state index is 12.2. The van der Waals surface area contributed by atoms with Gasteiger partial charge >= 0.3 is 0 Å². The van der Waals surface area contributed by atoms with Crippen LogP contribution >= 0.6 is 11.3 Å². The molecule has 0 aromatic carbocycles. The Morgan fingerprint density at radius 3 is 3.13 bits per heavy atom. The average Bonchev–Trinajstić information content (AvgIpc) is 2.64. The zero-order valence-electron chi connectivity index (χ0n) is 8.99. The highest BCUT2D eigenvalue weighted by atomic mass is 32.1. The Kier molecular flexibility index (Phi) is 3.02. The molecule has 82 valence electrons. The van der Waals surface area contributed by atoms with Crippen molar-refractivity contribution in [2.24, 2.45) is 0 Å². The molecule has 1 aliphatic rings. The molecule has 2 rings (SSSR count). The Hall–Kier alpha value is -0.940. The minimum atomic E-state index is 0.129. The van der Waals surface area contributed by atoms with Crippen LogP contribution in [0, 0.1) is 6.92 Å². The summed E-state index contributed by atoms with van der Waals surface area (Å²) in [6.45, 7) is 6.51. The third-order valence-corrected chi connectivity index (χ3v) is 3.62. The van der Waals surface area contributed by atoms with Gasteiger partial charge in [-0.25, -0.2) is 4.98 Å². The number of rotatable bonds is 1. The highest BCUT2D eigenvalue weighted by molar-refractivity contribution is 7.11. The molecule has 1 aromatic rings. The van der Waals surface area contributed by atoms with Crippen molar-refractivity contribution in [3.05, 3.63) is 16.1 Å². The maximum absolute atomic E-state index is 12.2. The lowest BCUT2D eigenvalue weighted by molar-refractivity contribution is 0.0660. The van der Waals surface area contributed by atoms with Gasteiger partial charge in [0, 0.05) is 25.7 Å². The quantitative estimate of drug-likeness (QED) is 0.772. The van der Waals surface area contributed by atoms with Gasteiger partial charge in [0.15, 0.2) is 0 Å². The molecular weight excluding hydrogens is 210 g/mol. The molecule has 15 heavy (non-hydrogen) atoms. The Labute approximate surface area is 93.3 Å². The minimum absolute atomic E-state index is 0.129. The second-order valence-electron chi connectivity index (χ2n) is 3.82. The standard InChI is InChI=1S/C10H15N3OS/c1-7-5-11-3-4-13(7)10(14)9-8(2)12-6-15-9/h6-7,11H,3-5H2,1-2H3. The van der Waals surface area contributed by atoms with E-state index in [0.29, 0.717) is 0 Å². The molecule has 1 fully saturated rings. The number of nitrogens with zero attached hydrogens (tertiary/aromatic N) is 2. The first kappa shape index (κ1) is 10.6. The number of nitrogens with one attached hydrogen (secondary N) is 1. The van der Waals surface area contributed by atoms with Crippen LogP contribution in [0.15, 0.2) is 5.51 Å². The van der Waals surface area contributed by atoms with Crippen molar-refractivity contribution in [3.8, 4) is 0 Å². The summed E-state index contributed by atoms with van der Waals surface area (Å²) in [5, 5.41) is 3.27. The number of aryl methyl sites for hydroxylation is 1. The fourth-order valence-corrected chi connectivity index (χ4v) is 2.54. The van der Waals surface area contributed by atoms with Crippen LogP contribution in [0.4, 0.5) is 0 Å². The van der Waals surface area contributed by atoms with Crippen LogP contribution in [-0.2, 0) is 0 Å². The Bertz CT molecular complexity index is 363. The van der Waals surface area contributed by atoms with E-state index in [1.807, 2.05) is 11.8 Å². The van der Waals surface area contributed by atoms with Crippen molar-refractivity contribution in [1.82, 2.24) is 15.2 Å². The smallest absolute Gasteiger partial charge is 0.266 e. The van der Waals surface area contributed by atoms with E-state index in [2.05, 4.69) is 17.2 Å². The maximum Gasteiger partial charge on any atom is 0.266 e. The molecule has 1 unspecified atom stereocenters. The van der Waals surface area contributed by atoms with Gasteiger partial charge in [-0.15, -0.1) is 11.3 Å². The van der Waals surface area contributed by atoms with Gasteiger partial charge in [0.2, 0.25) is 0 Å². The van der Waals surface area contributed by atoms with Crippen LogP contribution in [0.1, 0.15) is 22.3 Å². The number of carbonyl (C=O) groups is 1. The zero-order valence-corrected chi connectivity index (χ0v) is 9.80. The van der Waals surface area contributed by atoms with Gasteiger partial charge in [0.1, 0.15) is 4.88 Å². The van der Waals surface area contributed by atoms with E-state index in [4.69, 9.17) is 0 Å². The first-order chi connectivity index (χ1) is 7.20. The zero-order chi connectivity index (χ0) is 10.8. The fourth-order valence-electron chi connectivity index (χ4n) is 1.78.